The van der Waals surface area contributed by atoms with E-state index in [1.807, 2.05) is 0 Å². The monoisotopic (exact) mass is 350 g/mol. The molecule has 6 nitrogen and oxygen atoms in total. The number of ether oxygens (including phenoxy) is 1. The molecule has 0 atom stereocenters. The maximum Gasteiger partial charge on any atom is 0.347 e. The average molecular weight is 350 g/mol. The van der Waals surface area contributed by atoms with Crippen LogP contribution in [-0.4, -0.2) is 24.9 Å². The molecule has 0 saturated carbocycles. The highest BCUT2D eigenvalue weighted by Gasteiger charge is 2.28. The summed E-state index contributed by atoms with van der Waals surface area (Å²) in [5.41, 5.74) is -1.22. The normalized spacial score (nSPS) is 10.9. The Kier molecular flexibility index (Phi) is 4.91. The van der Waals surface area contributed by atoms with Gasteiger partial charge in [0.05, 0.1) is 11.1 Å². The first-order chi connectivity index (χ1) is 11.3. The third-order valence-corrected chi connectivity index (χ3v) is 3.98. The first kappa shape index (κ1) is 17.5. The number of hydrogen-bond acceptors (Lipinski definition) is 5. The van der Waals surface area contributed by atoms with E-state index >= 15 is 0 Å². The predicted molar refractivity (Wildman–Crippen MR) is 82.5 cm³/mol. The summed E-state index contributed by atoms with van der Waals surface area (Å²) >= 11 is 0. The zero-order valence-corrected chi connectivity index (χ0v) is 12.9. The molecular formula is C16H11FO6S. The van der Waals surface area contributed by atoms with Crippen LogP contribution >= 0.6 is 0 Å². The fraction of sp³-hybridized carbons (Fsp3) is 0. The van der Waals surface area contributed by atoms with Gasteiger partial charge in [0.2, 0.25) is 0 Å². The number of esters is 2. The second kappa shape index (κ2) is 6.73. The van der Waals surface area contributed by atoms with Gasteiger partial charge in [0.15, 0.2) is 0 Å². The SMILES string of the molecule is C=Cc1c(F)ccc(C(=O)OC(=O)c2ccccc2)c1S(=O)(=O)O. The Labute approximate surface area is 136 Å². The molecule has 0 fully saturated rings. The topological polar surface area (TPSA) is 97.7 Å². The van der Waals surface area contributed by atoms with Gasteiger partial charge in [-0.25, -0.2) is 14.0 Å². The van der Waals surface area contributed by atoms with Crippen molar-refractivity contribution in [2.24, 2.45) is 0 Å². The van der Waals surface area contributed by atoms with Gasteiger partial charge in [-0.3, -0.25) is 4.55 Å². The van der Waals surface area contributed by atoms with Gasteiger partial charge in [-0.05, 0) is 24.3 Å². The first-order valence-corrected chi connectivity index (χ1v) is 7.93. The highest BCUT2D eigenvalue weighted by Crippen LogP contribution is 2.25. The quantitative estimate of drug-likeness (QED) is 0.517. The number of halogens is 1. The van der Waals surface area contributed by atoms with Crippen molar-refractivity contribution < 1.29 is 31.7 Å². The summed E-state index contributed by atoms with van der Waals surface area (Å²) in [4.78, 5) is 23.0. The average Bonchev–Trinajstić information content (AvgIpc) is 2.54. The first-order valence-electron chi connectivity index (χ1n) is 6.49. The van der Waals surface area contributed by atoms with Crippen LogP contribution in [0.25, 0.3) is 6.08 Å². The number of benzene rings is 2. The van der Waals surface area contributed by atoms with Crippen LogP contribution in [0.4, 0.5) is 4.39 Å². The number of carbonyl (C=O) groups is 2. The molecule has 124 valence electrons. The zero-order chi connectivity index (χ0) is 17.9. The van der Waals surface area contributed by atoms with Gasteiger partial charge in [0, 0.05) is 5.56 Å². The molecule has 0 amide bonds. The summed E-state index contributed by atoms with van der Waals surface area (Å²) in [6, 6.07) is 9.10. The Hall–Kier alpha value is -2.84. The standard InChI is InChI=1S/C16H11FO6S/c1-2-11-13(17)9-8-12(14(11)24(20,21)22)16(19)23-15(18)10-6-4-3-5-7-10/h2-9H,1H2,(H,20,21,22). The lowest BCUT2D eigenvalue weighted by Crippen LogP contribution is -2.17. The fourth-order valence-electron chi connectivity index (χ4n) is 1.98. The summed E-state index contributed by atoms with van der Waals surface area (Å²) in [6.07, 6.45) is 0.828. The molecule has 0 spiro atoms. The molecule has 0 bridgehead atoms. The van der Waals surface area contributed by atoms with Crippen LogP contribution in [0, 0.1) is 5.82 Å². The predicted octanol–water partition coefficient (Wildman–Crippen LogP) is 2.71. The number of hydrogen-bond donors (Lipinski definition) is 1. The lowest BCUT2D eigenvalue weighted by molar-refractivity contribution is 0.0394. The van der Waals surface area contributed by atoms with Crippen molar-refractivity contribution >= 4 is 28.1 Å². The number of rotatable bonds is 4. The molecule has 0 unspecified atom stereocenters. The molecule has 2 aromatic carbocycles. The maximum atomic E-state index is 13.7. The largest absolute Gasteiger partial charge is 0.386 e. The molecule has 0 heterocycles. The lowest BCUT2D eigenvalue weighted by atomic mass is 10.1. The van der Waals surface area contributed by atoms with E-state index in [2.05, 4.69) is 11.3 Å². The van der Waals surface area contributed by atoms with Gasteiger partial charge in [-0.2, -0.15) is 8.42 Å². The van der Waals surface area contributed by atoms with Crippen molar-refractivity contribution in [3.05, 3.63) is 71.6 Å². The van der Waals surface area contributed by atoms with Crippen LogP contribution in [0.1, 0.15) is 26.3 Å². The van der Waals surface area contributed by atoms with Crippen LogP contribution in [0.2, 0.25) is 0 Å². The molecule has 24 heavy (non-hydrogen) atoms. The number of carbonyl (C=O) groups excluding carboxylic acids is 2. The zero-order valence-electron chi connectivity index (χ0n) is 12.1. The molecule has 0 aliphatic carbocycles. The fourth-order valence-corrected chi connectivity index (χ4v) is 2.86. The van der Waals surface area contributed by atoms with Gasteiger partial charge in [0.1, 0.15) is 10.7 Å². The molecule has 0 aliphatic heterocycles. The minimum Gasteiger partial charge on any atom is -0.386 e. The molecule has 1 N–H and O–H groups in total. The van der Waals surface area contributed by atoms with E-state index in [-0.39, 0.29) is 5.56 Å². The Balaban J connectivity index is 2.47. The highest BCUT2D eigenvalue weighted by molar-refractivity contribution is 7.86. The minimum atomic E-state index is -4.97. The van der Waals surface area contributed by atoms with Gasteiger partial charge in [-0.15, -0.1) is 0 Å². The Bertz CT molecular complexity index is 919. The summed E-state index contributed by atoms with van der Waals surface area (Å²) in [7, 11) is -4.97. The Morgan fingerprint density at radius 1 is 1.08 bits per heavy atom. The molecule has 0 aliphatic rings. The molecule has 0 aromatic heterocycles. The maximum absolute atomic E-state index is 13.7. The summed E-state index contributed by atoms with van der Waals surface area (Å²) in [5, 5.41) is 0. The van der Waals surface area contributed by atoms with Crippen LogP contribution in [-0.2, 0) is 14.9 Å². The molecular weight excluding hydrogens is 339 g/mol. The Morgan fingerprint density at radius 3 is 2.25 bits per heavy atom. The van der Waals surface area contributed by atoms with E-state index < -0.39 is 43.9 Å². The van der Waals surface area contributed by atoms with E-state index in [1.165, 1.54) is 12.1 Å². The van der Waals surface area contributed by atoms with Crippen molar-refractivity contribution in [1.82, 2.24) is 0 Å². The van der Waals surface area contributed by atoms with E-state index in [1.54, 1.807) is 18.2 Å². The van der Waals surface area contributed by atoms with Crippen molar-refractivity contribution in [1.29, 1.82) is 0 Å². The van der Waals surface area contributed by atoms with E-state index in [4.69, 9.17) is 0 Å². The smallest absolute Gasteiger partial charge is 0.347 e. The highest BCUT2D eigenvalue weighted by atomic mass is 32.2. The van der Waals surface area contributed by atoms with Crippen molar-refractivity contribution in [2.45, 2.75) is 4.90 Å². The van der Waals surface area contributed by atoms with Gasteiger partial charge >= 0.3 is 11.9 Å². The summed E-state index contributed by atoms with van der Waals surface area (Å²) in [5.74, 6) is -3.38. The van der Waals surface area contributed by atoms with Crippen LogP contribution in [0.3, 0.4) is 0 Å². The Morgan fingerprint density at radius 2 is 1.71 bits per heavy atom. The van der Waals surface area contributed by atoms with Crippen molar-refractivity contribution in [3.8, 4) is 0 Å². The summed E-state index contributed by atoms with van der Waals surface area (Å²) < 4.78 is 50.5. The third kappa shape index (κ3) is 3.55. The third-order valence-electron chi connectivity index (χ3n) is 3.02. The molecule has 8 heteroatoms. The molecule has 0 saturated heterocycles. The van der Waals surface area contributed by atoms with E-state index in [9.17, 15) is 27.0 Å². The molecule has 0 radical (unpaired) electrons. The van der Waals surface area contributed by atoms with Crippen LogP contribution in [0.15, 0.2) is 53.9 Å². The molecule has 2 aromatic rings. The second-order valence-corrected chi connectivity index (χ2v) is 5.92. The van der Waals surface area contributed by atoms with Gasteiger partial charge in [0.25, 0.3) is 10.1 Å². The van der Waals surface area contributed by atoms with E-state index in [0.29, 0.717) is 0 Å². The van der Waals surface area contributed by atoms with Gasteiger partial charge in [-0.1, -0.05) is 30.9 Å². The van der Waals surface area contributed by atoms with Crippen LogP contribution in [0.5, 0.6) is 0 Å². The van der Waals surface area contributed by atoms with E-state index in [0.717, 1.165) is 18.2 Å². The summed E-state index contributed by atoms with van der Waals surface area (Å²) in [6.45, 7) is 3.24. The van der Waals surface area contributed by atoms with Crippen molar-refractivity contribution in [3.63, 3.8) is 0 Å². The lowest BCUT2D eigenvalue weighted by Gasteiger charge is -2.10. The van der Waals surface area contributed by atoms with Gasteiger partial charge < -0.3 is 4.74 Å². The molecule has 2 rings (SSSR count). The minimum absolute atomic E-state index is 0.0605. The van der Waals surface area contributed by atoms with Crippen molar-refractivity contribution in [2.75, 3.05) is 0 Å². The van der Waals surface area contributed by atoms with Crippen LogP contribution < -0.4 is 0 Å². The second-order valence-electron chi connectivity index (χ2n) is 4.56.